The van der Waals surface area contributed by atoms with Crippen molar-refractivity contribution in [1.82, 2.24) is 0 Å². The number of ether oxygens (including phenoxy) is 4. The molecular formula is C33H30O7. The fourth-order valence-corrected chi connectivity index (χ4v) is 4.17. The molecule has 204 valence electrons. The predicted octanol–water partition coefficient (Wildman–Crippen LogP) is 6.13. The molecule has 7 nitrogen and oxygen atoms in total. The first kappa shape index (κ1) is 28.1. The largest absolute Gasteiger partial charge is 0.489 e. The van der Waals surface area contributed by atoms with E-state index in [0.717, 1.165) is 39.9 Å². The lowest BCUT2D eigenvalue weighted by molar-refractivity contribution is 0.0592. The maximum absolute atomic E-state index is 11.9. The second kappa shape index (κ2) is 13.2. The van der Waals surface area contributed by atoms with Gasteiger partial charge in [0.2, 0.25) is 0 Å². The van der Waals surface area contributed by atoms with Crippen LogP contribution in [0.5, 0.6) is 11.5 Å². The van der Waals surface area contributed by atoms with Crippen LogP contribution in [-0.4, -0.2) is 32.4 Å². The number of carbonyl (C=O) groups is 3. The first-order valence-corrected chi connectivity index (χ1v) is 12.7. The third-order valence-electron chi connectivity index (χ3n) is 6.35. The van der Waals surface area contributed by atoms with Crippen molar-refractivity contribution < 1.29 is 33.3 Å². The maximum atomic E-state index is 11.9. The minimum Gasteiger partial charge on any atom is -0.489 e. The van der Waals surface area contributed by atoms with Crippen molar-refractivity contribution in [2.45, 2.75) is 26.6 Å². The molecule has 0 aliphatic carbocycles. The van der Waals surface area contributed by atoms with E-state index in [0.29, 0.717) is 35.5 Å². The van der Waals surface area contributed by atoms with Crippen LogP contribution in [0.3, 0.4) is 0 Å². The van der Waals surface area contributed by atoms with Gasteiger partial charge in [0.25, 0.3) is 0 Å². The van der Waals surface area contributed by atoms with E-state index in [4.69, 9.17) is 18.9 Å². The summed E-state index contributed by atoms with van der Waals surface area (Å²) in [5, 5.41) is 0. The van der Waals surface area contributed by atoms with Crippen molar-refractivity contribution in [2.24, 2.45) is 0 Å². The Morgan fingerprint density at radius 2 is 1.15 bits per heavy atom. The lowest BCUT2D eigenvalue weighted by Crippen LogP contribution is -2.03. The molecule has 0 radical (unpaired) electrons. The lowest BCUT2D eigenvalue weighted by atomic mass is 10.00. The molecule has 4 aromatic rings. The Bertz CT molecular complexity index is 1490. The summed E-state index contributed by atoms with van der Waals surface area (Å²) in [6, 6.07) is 25.6. The summed E-state index contributed by atoms with van der Waals surface area (Å²) in [7, 11) is 2.69. The summed E-state index contributed by atoms with van der Waals surface area (Å²) < 4.78 is 21.5. The number of carbonyl (C=O) groups excluding carboxylic acids is 3. The van der Waals surface area contributed by atoms with Gasteiger partial charge in [0.1, 0.15) is 24.7 Å². The van der Waals surface area contributed by atoms with Gasteiger partial charge >= 0.3 is 11.9 Å². The van der Waals surface area contributed by atoms with Gasteiger partial charge in [-0.15, -0.1) is 0 Å². The van der Waals surface area contributed by atoms with Crippen molar-refractivity contribution >= 4 is 18.2 Å². The van der Waals surface area contributed by atoms with E-state index in [9.17, 15) is 14.4 Å². The summed E-state index contributed by atoms with van der Waals surface area (Å²) in [6.45, 7) is 2.60. The summed E-state index contributed by atoms with van der Waals surface area (Å²) in [5.74, 6) is 0.439. The van der Waals surface area contributed by atoms with Crippen LogP contribution in [0.1, 0.15) is 58.9 Å². The van der Waals surface area contributed by atoms with Crippen LogP contribution in [0.4, 0.5) is 0 Å². The third-order valence-corrected chi connectivity index (χ3v) is 6.35. The second-order valence-corrected chi connectivity index (χ2v) is 9.23. The van der Waals surface area contributed by atoms with Gasteiger partial charge in [-0.1, -0.05) is 48.0 Å². The number of aryl methyl sites for hydroxylation is 1. The zero-order chi connectivity index (χ0) is 28.5. The summed E-state index contributed by atoms with van der Waals surface area (Å²) in [5.41, 5.74) is 6.19. The molecule has 0 spiro atoms. The Labute approximate surface area is 233 Å². The number of rotatable bonds is 11. The standard InChI is InChI=1S/C33H30O7/c1-22-4-14-30(39-20-23-5-10-26(11-6-23)32(35)37-2)28(16-22)17-25-9-15-31(29(18-25)19-34)40-21-24-7-12-27(13-8-24)33(36)38-3/h4-16,18-19H,17,20-21H2,1-3H3. The molecule has 7 heteroatoms. The fourth-order valence-electron chi connectivity index (χ4n) is 4.17. The molecule has 0 heterocycles. The molecule has 0 saturated heterocycles. The number of benzene rings is 4. The lowest BCUT2D eigenvalue weighted by Gasteiger charge is -2.14. The second-order valence-electron chi connectivity index (χ2n) is 9.23. The van der Waals surface area contributed by atoms with Crippen LogP contribution in [0.25, 0.3) is 0 Å². The quantitative estimate of drug-likeness (QED) is 0.168. The van der Waals surface area contributed by atoms with E-state index in [1.54, 1.807) is 42.5 Å². The van der Waals surface area contributed by atoms with E-state index >= 15 is 0 Å². The van der Waals surface area contributed by atoms with Gasteiger partial charge in [-0.2, -0.15) is 0 Å². The van der Waals surface area contributed by atoms with E-state index in [2.05, 4.69) is 6.07 Å². The van der Waals surface area contributed by atoms with Crippen LogP contribution in [-0.2, 0) is 29.1 Å². The van der Waals surface area contributed by atoms with Crippen molar-refractivity contribution in [3.05, 3.63) is 129 Å². The molecule has 0 aliphatic heterocycles. The van der Waals surface area contributed by atoms with Gasteiger partial charge in [0.05, 0.1) is 30.9 Å². The molecule has 0 N–H and O–H groups in total. The van der Waals surface area contributed by atoms with Crippen molar-refractivity contribution in [3.63, 3.8) is 0 Å². The number of hydrogen-bond acceptors (Lipinski definition) is 7. The molecular weight excluding hydrogens is 508 g/mol. The molecule has 0 fully saturated rings. The average molecular weight is 539 g/mol. The molecule has 0 bridgehead atoms. The normalized spacial score (nSPS) is 10.5. The number of methoxy groups -OCH3 is 2. The Hall–Kier alpha value is -4.91. The zero-order valence-electron chi connectivity index (χ0n) is 22.6. The van der Waals surface area contributed by atoms with Crippen molar-refractivity contribution in [3.8, 4) is 11.5 Å². The Kier molecular flexibility index (Phi) is 9.31. The van der Waals surface area contributed by atoms with Gasteiger partial charge in [-0.05, 0) is 71.6 Å². The topological polar surface area (TPSA) is 88.1 Å². The number of esters is 2. The zero-order valence-corrected chi connectivity index (χ0v) is 22.6. The smallest absolute Gasteiger partial charge is 0.337 e. The van der Waals surface area contributed by atoms with Crippen LogP contribution < -0.4 is 9.47 Å². The van der Waals surface area contributed by atoms with E-state index in [1.165, 1.54) is 14.2 Å². The first-order valence-electron chi connectivity index (χ1n) is 12.7. The molecule has 0 aromatic heterocycles. The molecule has 0 unspecified atom stereocenters. The predicted molar refractivity (Wildman–Crippen MR) is 150 cm³/mol. The Morgan fingerprint density at radius 1 is 0.650 bits per heavy atom. The minimum atomic E-state index is -0.400. The van der Waals surface area contributed by atoms with Gasteiger partial charge in [-0.25, -0.2) is 9.59 Å². The third kappa shape index (κ3) is 7.14. The van der Waals surface area contributed by atoms with E-state index < -0.39 is 5.97 Å². The van der Waals surface area contributed by atoms with Gasteiger partial charge in [0, 0.05) is 6.42 Å². The SMILES string of the molecule is COC(=O)c1ccc(COc2ccc(Cc3cc(C)ccc3OCc3ccc(C(=O)OC)cc3)cc2C=O)cc1. The Morgan fingerprint density at radius 3 is 1.68 bits per heavy atom. The van der Waals surface area contributed by atoms with E-state index in [-0.39, 0.29) is 12.6 Å². The molecule has 0 saturated carbocycles. The molecule has 0 atom stereocenters. The molecule has 0 aliphatic rings. The van der Waals surface area contributed by atoms with Gasteiger partial charge < -0.3 is 18.9 Å². The monoisotopic (exact) mass is 538 g/mol. The maximum Gasteiger partial charge on any atom is 0.337 e. The summed E-state index contributed by atoms with van der Waals surface area (Å²) in [4.78, 5) is 35.2. The highest BCUT2D eigenvalue weighted by Gasteiger charge is 2.11. The van der Waals surface area contributed by atoms with Crippen molar-refractivity contribution in [1.29, 1.82) is 0 Å². The molecule has 40 heavy (non-hydrogen) atoms. The summed E-state index contributed by atoms with van der Waals surface area (Å²) in [6.07, 6.45) is 1.35. The van der Waals surface area contributed by atoms with Gasteiger partial charge in [-0.3, -0.25) is 4.79 Å². The molecule has 4 aromatic carbocycles. The molecule has 4 rings (SSSR count). The van der Waals surface area contributed by atoms with Crippen LogP contribution in [0.15, 0.2) is 84.9 Å². The average Bonchev–Trinajstić information content (AvgIpc) is 2.99. The minimum absolute atomic E-state index is 0.248. The van der Waals surface area contributed by atoms with Gasteiger partial charge in [0.15, 0.2) is 6.29 Å². The van der Waals surface area contributed by atoms with Crippen LogP contribution in [0, 0.1) is 6.92 Å². The van der Waals surface area contributed by atoms with Crippen molar-refractivity contribution in [2.75, 3.05) is 14.2 Å². The van der Waals surface area contributed by atoms with E-state index in [1.807, 2.05) is 43.3 Å². The van der Waals surface area contributed by atoms with Crippen LogP contribution in [0.2, 0.25) is 0 Å². The number of hydrogen-bond donors (Lipinski definition) is 0. The highest BCUT2D eigenvalue weighted by Crippen LogP contribution is 2.27. The fraction of sp³-hybridized carbons (Fsp3) is 0.182. The molecule has 0 amide bonds. The van der Waals surface area contributed by atoms with Crippen LogP contribution >= 0.6 is 0 Å². The summed E-state index contributed by atoms with van der Waals surface area (Å²) >= 11 is 0. The Balaban J connectivity index is 1.43. The first-order chi connectivity index (χ1) is 19.4. The number of aldehydes is 1. The highest BCUT2D eigenvalue weighted by atomic mass is 16.5. The highest BCUT2D eigenvalue weighted by molar-refractivity contribution is 5.89.